The number of nitrogens with zero attached hydrogens (tertiary/aromatic N) is 1. The van der Waals surface area contributed by atoms with Gasteiger partial charge in [0.25, 0.3) is 0 Å². The average molecular weight is 312 g/mol. The van der Waals surface area contributed by atoms with Crippen molar-refractivity contribution in [2.24, 2.45) is 0 Å². The van der Waals surface area contributed by atoms with Gasteiger partial charge >= 0.3 is 0 Å². The van der Waals surface area contributed by atoms with E-state index < -0.39 is 5.60 Å². The SMILES string of the molecule is CCN1CCCC(O)(Cc2cccc(Br)c2)CC1. The first-order valence-corrected chi connectivity index (χ1v) is 7.60. The molecule has 1 aromatic carbocycles. The first kappa shape index (κ1) is 14.0. The second-order valence-electron chi connectivity index (χ2n) is 5.32. The molecule has 0 aromatic heterocycles. The van der Waals surface area contributed by atoms with Crippen molar-refractivity contribution in [1.29, 1.82) is 0 Å². The summed E-state index contributed by atoms with van der Waals surface area (Å²) in [5, 5.41) is 10.8. The molecule has 1 atom stereocenters. The lowest BCUT2D eigenvalue weighted by molar-refractivity contribution is 0.0258. The number of aliphatic hydroxyl groups is 1. The summed E-state index contributed by atoms with van der Waals surface area (Å²) in [6.45, 7) is 5.42. The maximum atomic E-state index is 10.8. The largest absolute Gasteiger partial charge is 0.389 e. The second-order valence-corrected chi connectivity index (χ2v) is 6.23. The number of hydrogen-bond donors (Lipinski definition) is 1. The summed E-state index contributed by atoms with van der Waals surface area (Å²) >= 11 is 3.49. The number of benzene rings is 1. The Hall–Kier alpha value is -0.380. The Balaban J connectivity index is 2.02. The lowest BCUT2D eigenvalue weighted by Gasteiger charge is -2.27. The highest BCUT2D eigenvalue weighted by molar-refractivity contribution is 9.10. The van der Waals surface area contributed by atoms with Crippen LogP contribution in [-0.4, -0.2) is 35.2 Å². The van der Waals surface area contributed by atoms with Crippen LogP contribution in [0.1, 0.15) is 31.7 Å². The fourth-order valence-corrected chi connectivity index (χ4v) is 3.20. The van der Waals surface area contributed by atoms with Crippen LogP contribution in [0.3, 0.4) is 0 Å². The number of likely N-dealkylation sites (tertiary alicyclic amines) is 1. The molecule has 0 bridgehead atoms. The van der Waals surface area contributed by atoms with Crippen LogP contribution < -0.4 is 0 Å². The van der Waals surface area contributed by atoms with Crippen molar-refractivity contribution in [3.05, 3.63) is 34.3 Å². The summed E-state index contributed by atoms with van der Waals surface area (Å²) in [6.07, 6.45) is 3.66. The minimum Gasteiger partial charge on any atom is -0.389 e. The van der Waals surface area contributed by atoms with Gasteiger partial charge in [-0.3, -0.25) is 0 Å². The molecule has 18 heavy (non-hydrogen) atoms. The topological polar surface area (TPSA) is 23.5 Å². The molecule has 100 valence electrons. The van der Waals surface area contributed by atoms with E-state index in [9.17, 15) is 5.11 Å². The molecular formula is C15H22BrNO. The van der Waals surface area contributed by atoms with Crippen LogP contribution in [0.4, 0.5) is 0 Å². The zero-order valence-electron chi connectivity index (χ0n) is 11.0. The molecule has 3 heteroatoms. The number of rotatable bonds is 3. The fraction of sp³-hybridized carbons (Fsp3) is 0.600. The van der Waals surface area contributed by atoms with Gasteiger partial charge in [-0.1, -0.05) is 35.0 Å². The summed E-state index contributed by atoms with van der Waals surface area (Å²) in [4.78, 5) is 2.43. The van der Waals surface area contributed by atoms with E-state index in [1.165, 1.54) is 5.56 Å². The molecule has 2 nitrogen and oxygen atoms in total. The Kier molecular flexibility index (Phi) is 4.82. The lowest BCUT2D eigenvalue weighted by Crippen LogP contribution is -2.33. The van der Waals surface area contributed by atoms with Crippen LogP contribution in [0.5, 0.6) is 0 Å². The van der Waals surface area contributed by atoms with Gasteiger partial charge in [-0.2, -0.15) is 0 Å². The molecule has 0 radical (unpaired) electrons. The van der Waals surface area contributed by atoms with E-state index in [2.05, 4.69) is 39.9 Å². The third-order valence-corrected chi connectivity index (χ3v) is 4.37. The van der Waals surface area contributed by atoms with Crippen LogP contribution in [0.2, 0.25) is 0 Å². The molecule has 0 saturated carbocycles. The molecule has 0 amide bonds. The van der Waals surface area contributed by atoms with E-state index >= 15 is 0 Å². The second kappa shape index (κ2) is 6.18. The first-order valence-electron chi connectivity index (χ1n) is 6.80. The predicted octanol–water partition coefficient (Wildman–Crippen LogP) is 3.23. The molecule has 2 rings (SSSR count). The Labute approximate surface area is 118 Å². The highest BCUT2D eigenvalue weighted by Crippen LogP contribution is 2.27. The van der Waals surface area contributed by atoms with Gasteiger partial charge in [0.05, 0.1) is 5.60 Å². The molecule has 1 unspecified atom stereocenters. The molecule has 1 heterocycles. The molecule has 0 spiro atoms. The van der Waals surface area contributed by atoms with Gasteiger partial charge in [0.1, 0.15) is 0 Å². The van der Waals surface area contributed by atoms with Crippen LogP contribution in [0.15, 0.2) is 28.7 Å². The third kappa shape index (κ3) is 3.81. The van der Waals surface area contributed by atoms with Crippen molar-refractivity contribution in [1.82, 2.24) is 4.90 Å². The Morgan fingerprint density at radius 1 is 1.33 bits per heavy atom. The standard InChI is InChI=1S/C15H22BrNO/c1-2-17-9-4-7-15(18,8-10-17)12-13-5-3-6-14(16)11-13/h3,5-6,11,18H,2,4,7-10,12H2,1H3. The number of halogens is 1. The van der Waals surface area contributed by atoms with E-state index in [-0.39, 0.29) is 0 Å². The van der Waals surface area contributed by atoms with Crippen molar-refractivity contribution >= 4 is 15.9 Å². The minimum absolute atomic E-state index is 0.523. The van der Waals surface area contributed by atoms with E-state index in [0.717, 1.165) is 49.8 Å². The van der Waals surface area contributed by atoms with Gasteiger partial charge in [-0.15, -0.1) is 0 Å². The average Bonchev–Trinajstić information content (AvgIpc) is 2.51. The van der Waals surface area contributed by atoms with Gasteiger partial charge in [-0.05, 0) is 50.0 Å². The number of hydrogen-bond acceptors (Lipinski definition) is 2. The smallest absolute Gasteiger partial charge is 0.0700 e. The fourth-order valence-electron chi connectivity index (χ4n) is 2.75. The normalized spacial score (nSPS) is 25.9. The Bertz CT molecular complexity index is 396. The van der Waals surface area contributed by atoms with Crippen LogP contribution in [-0.2, 0) is 6.42 Å². The van der Waals surface area contributed by atoms with Crippen LogP contribution in [0.25, 0.3) is 0 Å². The summed E-state index contributed by atoms with van der Waals surface area (Å²) in [5.74, 6) is 0. The van der Waals surface area contributed by atoms with Crippen LogP contribution >= 0.6 is 15.9 Å². The zero-order valence-corrected chi connectivity index (χ0v) is 12.6. The first-order chi connectivity index (χ1) is 8.61. The van der Waals surface area contributed by atoms with Crippen LogP contribution in [0, 0.1) is 0 Å². The van der Waals surface area contributed by atoms with Gasteiger partial charge in [0, 0.05) is 17.4 Å². The van der Waals surface area contributed by atoms with Gasteiger partial charge in [0.2, 0.25) is 0 Å². The van der Waals surface area contributed by atoms with Crippen molar-refractivity contribution < 1.29 is 5.11 Å². The quantitative estimate of drug-likeness (QED) is 0.926. The van der Waals surface area contributed by atoms with E-state index in [4.69, 9.17) is 0 Å². The predicted molar refractivity (Wildman–Crippen MR) is 78.8 cm³/mol. The zero-order chi connectivity index (χ0) is 13.0. The monoisotopic (exact) mass is 311 g/mol. The maximum absolute atomic E-state index is 10.8. The van der Waals surface area contributed by atoms with E-state index in [1.807, 2.05) is 12.1 Å². The summed E-state index contributed by atoms with van der Waals surface area (Å²) in [6, 6.07) is 8.28. The van der Waals surface area contributed by atoms with Gasteiger partial charge in [-0.25, -0.2) is 0 Å². The molecule has 1 fully saturated rings. The lowest BCUT2D eigenvalue weighted by atomic mass is 9.88. The Morgan fingerprint density at radius 3 is 2.89 bits per heavy atom. The van der Waals surface area contributed by atoms with E-state index in [0.29, 0.717) is 0 Å². The molecule has 1 N–H and O–H groups in total. The minimum atomic E-state index is -0.523. The molecule has 1 aliphatic rings. The molecule has 0 aliphatic carbocycles. The maximum Gasteiger partial charge on any atom is 0.0700 e. The van der Waals surface area contributed by atoms with Gasteiger partial charge in [0.15, 0.2) is 0 Å². The van der Waals surface area contributed by atoms with E-state index in [1.54, 1.807) is 0 Å². The highest BCUT2D eigenvalue weighted by atomic mass is 79.9. The third-order valence-electron chi connectivity index (χ3n) is 3.88. The Morgan fingerprint density at radius 2 is 2.17 bits per heavy atom. The van der Waals surface area contributed by atoms with Crippen molar-refractivity contribution in [2.75, 3.05) is 19.6 Å². The van der Waals surface area contributed by atoms with Crippen molar-refractivity contribution in [2.45, 2.75) is 38.2 Å². The molecular weight excluding hydrogens is 290 g/mol. The summed E-state index contributed by atoms with van der Waals surface area (Å²) in [7, 11) is 0. The van der Waals surface area contributed by atoms with Gasteiger partial charge < -0.3 is 10.0 Å². The molecule has 1 aromatic rings. The molecule has 1 aliphatic heterocycles. The van der Waals surface area contributed by atoms with Crippen molar-refractivity contribution in [3.63, 3.8) is 0 Å². The summed E-state index contributed by atoms with van der Waals surface area (Å²) in [5.41, 5.74) is 0.696. The van der Waals surface area contributed by atoms with Crippen molar-refractivity contribution in [3.8, 4) is 0 Å². The molecule has 1 saturated heterocycles. The highest BCUT2D eigenvalue weighted by Gasteiger charge is 2.29. The summed E-state index contributed by atoms with van der Waals surface area (Å²) < 4.78 is 1.09.